The first-order chi connectivity index (χ1) is 9.36. The molecule has 2 aromatic rings. The summed E-state index contributed by atoms with van der Waals surface area (Å²) in [5.74, 6) is -0.374. The van der Waals surface area contributed by atoms with Crippen molar-refractivity contribution in [3.63, 3.8) is 0 Å². The zero-order chi connectivity index (χ0) is 14.8. The Labute approximate surface area is 117 Å². The summed E-state index contributed by atoms with van der Waals surface area (Å²) in [5.41, 5.74) is 4.86. The van der Waals surface area contributed by atoms with E-state index in [1.807, 2.05) is 10.8 Å². The number of hydrogen-bond acceptors (Lipinski definition) is 3. The molecule has 7 heteroatoms. The van der Waals surface area contributed by atoms with Gasteiger partial charge in [0, 0.05) is 11.4 Å². The van der Waals surface area contributed by atoms with Crippen LogP contribution in [0.15, 0.2) is 35.0 Å². The van der Waals surface area contributed by atoms with Gasteiger partial charge in [0.2, 0.25) is 5.91 Å². The van der Waals surface area contributed by atoms with E-state index in [1.165, 1.54) is 17.4 Å². The van der Waals surface area contributed by atoms with Crippen LogP contribution in [0.2, 0.25) is 0 Å². The molecule has 0 radical (unpaired) electrons. The van der Waals surface area contributed by atoms with E-state index < -0.39 is 11.7 Å². The smallest absolute Gasteiger partial charge is 0.398 e. The van der Waals surface area contributed by atoms with E-state index in [1.54, 1.807) is 6.07 Å². The Kier molecular flexibility index (Phi) is 3.99. The van der Waals surface area contributed by atoms with Crippen molar-refractivity contribution in [1.29, 1.82) is 0 Å². The van der Waals surface area contributed by atoms with E-state index in [0.717, 1.165) is 17.7 Å². The Morgan fingerprint density at radius 1 is 1.30 bits per heavy atom. The van der Waals surface area contributed by atoms with Gasteiger partial charge in [0.05, 0.1) is 12.0 Å². The van der Waals surface area contributed by atoms with Crippen molar-refractivity contribution in [2.24, 2.45) is 0 Å². The molecule has 0 bridgehead atoms. The van der Waals surface area contributed by atoms with Crippen molar-refractivity contribution in [1.82, 2.24) is 0 Å². The van der Waals surface area contributed by atoms with Crippen molar-refractivity contribution < 1.29 is 18.0 Å². The number of rotatable bonds is 3. The van der Waals surface area contributed by atoms with Gasteiger partial charge in [-0.3, -0.25) is 4.79 Å². The summed E-state index contributed by atoms with van der Waals surface area (Å²) >= 11 is 1.45. The molecule has 0 atom stereocenters. The van der Waals surface area contributed by atoms with E-state index in [0.29, 0.717) is 0 Å². The van der Waals surface area contributed by atoms with E-state index in [2.05, 4.69) is 5.32 Å². The maximum atomic E-state index is 12.7. The number of hydrogen-bond donors (Lipinski definition) is 2. The van der Waals surface area contributed by atoms with Gasteiger partial charge in [0.15, 0.2) is 0 Å². The quantitative estimate of drug-likeness (QED) is 0.852. The monoisotopic (exact) mass is 300 g/mol. The third kappa shape index (κ3) is 3.51. The van der Waals surface area contributed by atoms with Gasteiger partial charge in [-0.25, -0.2) is 0 Å². The summed E-state index contributed by atoms with van der Waals surface area (Å²) in [6.45, 7) is 0. The van der Waals surface area contributed by atoms with Gasteiger partial charge in [0.25, 0.3) is 0 Å². The summed E-state index contributed by atoms with van der Waals surface area (Å²) in [4.78, 5) is 11.7. The van der Waals surface area contributed by atoms with Crippen molar-refractivity contribution >= 4 is 28.6 Å². The highest BCUT2D eigenvalue weighted by Crippen LogP contribution is 2.35. The molecule has 0 aliphatic heterocycles. The minimum absolute atomic E-state index is 0.0757. The molecule has 0 unspecified atom stereocenters. The van der Waals surface area contributed by atoms with Crippen LogP contribution in [-0.2, 0) is 17.4 Å². The molecular formula is C13H11F3N2OS. The van der Waals surface area contributed by atoms with Gasteiger partial charge in [0.1, 0.15) is 0 Å². The standard InChI is InChI=1S/C13H11F3N2OS/c14-13(15,16)10-6-9(1-2-11(10)17)18-12(19)5-8-3-4-20-7-8/h1-4,6-7H,5,17H2,(H,18,19). The average Bonchev–Trinajstić information content (AvgIpc) is 2.83. The molecule has 0 aliphatic carbocycles. The average molecular weight is 300 g/mol. The van der Waals surface area contributed by atoms with Gasteiger partial charge < -0.3 is 11.1 Å². The summed E-state index contributed by atoms with van der Waals surface area (Å²) in [6, 6.07) is 5.09. The lowest BCUT2D eigenvalue weighted by molar-refractivity contribution is -0.136. The lowest BCUT2D eigenvalue weighted by Crippen LogP contribution is -2.15. The molecule has 0 saturated carbocycles. The second kappa shape index (κ2) is 5.54. The highest BCUT2D eigenvalue weighted by Gasteiger charge is 2.33. The number of amides is 1. The van der Waals surface area contributed by atoms with Crippen LogP contribution in [0.25, 0.3) is 0 Å². The molecule has 0 spiro atoms. The maximum Gasteiger partial charge on any atom is 0.418 e. The van der Waals surface area contributed by atoms with Gasteiger partial charge in [-0.2, -0.15) is 24.5 Å². The van der Waals surface area contributed by atoms with Crippen molar-refractivity contribution in [2.75, 3.05) is 11.1 Å². The molecule has 1 amide bonds. The predicted molar refractivity (Wildman–Crippen MR) is 72.5 cm³/mol. The molecule has 0 fully saturated rings. The Hall–Kier alpha value is -2.02. The number of carbonyl (C=O) groups excluding carboxylic acids is 1. The third-order valence-electron chi connectivity index (χ3n) is 2.59. The second-order valence-electron chi connectivity index (χ2n) is 4.16. The van der Waals surface area contributed by atoms with Crippen LogP contribution in [0.4, 0.5) is 24.5 Å². The molecular weight excluding hydrogens is 289 g/mol. The lowest BCUT2D eigenvalue weighted by atomic mass is 10.1. The van der Waals surface area contributed by atoms with Crippen LogP contribution < -0.4 is 11.1 Å². The Bertz CT molecular complexity index is 609. The van der Waals surface area contributed by atoms with Gasteiger partial charge >= 0.3 is 6.18 Å². The van der Waals surface area contributed by atoms with Gasteiger partial charge in [-0.15, -0.1) is 0 Å². The second-order valence-corrected chi connectivity index (χ2v) is 4.94. The van der Waals surface area contributed by atoms with E-state index >= 15 is 0 Å². The fraction of sp³-hybridized carbons (Fsp3) is 0.154. The summed E-state index contributed by atoms with van der Waals surface area (Å²) in [7, 11) is 0. The Balaban J connectivity index is 2.12. The molecule has 1 aromatic heterocycles. The number of alkyl halides is 3. The van der Waals surface area contributed by atoms with Crippen molar-refractivity contribution in [3.05, 3.63) is 46.2 Å². The maximum absolute atomic E-state index is 12.7. The number of thiophene rings is 1. The number of halogens is 3. The number of nitrogens with two attached hydrogens (primary N) is 1. The van der Waals surface area contributed by atoms with Crippen LogP contribution in [-0.4, -0.2) is 5.91 Å². The molecule has 20 heavy (non-hydrogen) atoms. The minimum atomic E-state index is -4.54. The molecule has 3 N–H and O–H groups in total. The normalized spacial score (nSPS) is 11.3. The van der Waals surface area contributed by atoms with E-state index in [9.17, 15) is 18.0 Å². The number of nitrogen functional groups attached to an aromatic ring is 1. The van der Waals surface area contributed by atoms with E-state index in [4.69, 9.17) is 5.73 Å². The largest absolute Gasteiger partial charge is 0.418 e. The first-order valence-corrected chi connectivity index (χ1v) is 6.58. The summed E-state index contributed by atoms with van der Waals surface area (Å²) < 4.78 is 38.0. The zero-order valence-corrected chi connectivity index (χ0v) is 11.0. The van der Waals surface area contributed by atoms with Crippen LogP contribution in [0.1, 0.15) is 11.1 Å². The van der Waals surface area contributed by atoms with Crippen LogP contribution in [0.5, 0.6) is 0 Å². The van der Waals surface area contributed by atoms with Gasteiger partial charge in [-0.1, -0.05) is 0 Å². The molecule has 0 saturated heterocycles. The van der Waals surface area contributed by atoms with Crippen LogP contribution >= 0.6 is 11.3 Å². The van der Waals surface area contributed by atoms with Gasteiger partial charge in [-0.05, 0) is 40.6 Å². The number of benzene rings is 1. The Morgan fingerprint density at radius 2 is 2.05 bits per heavy atom. The van der Waals surface area contributed by atoms with Crippen LogP contribution in [0, 0.1) is 0 Å². The molecule has 1 aromatic carbocycles. The predicted octanol–water partition coefficient (Wildman–Crippen LogP) is 3.53. The molecule has 0 aliphatic rings. The molecule has 2 rings (SSSR count). The molecule has 1 heterocycles. The third-order valence-corrected chi connectivity index (χ3v) is 3.32. The zero-order valence-electron chi connectivity index (χ0n) is 10.2. The summed E-state index contributed by atoms with van der Waals surface area (Å²) in [6.07, 6.45) is -4.42. The van der Waals surface area contributed by atoms with Crippen molar-refractivity contribution in [2.45, 2.75) is 12.6 Å². The van der Waals surface area contributed by atoms with Crippen molar-refractivity contribution in [3.8, 4) is 0 Å². The summed E-state index contributed by atoms with van der Waals surface area (Å²) in [5, 5.41) is 6.07. The Morgan fingerprint density at radius 3 is 2.65 bits per heavy atom. The SMILES string of the molecule is Nc1ccc(NC(=O)Cc2ccsc2)cc1C(F)(F)F. The van der Waals surface area contributed by atoms with E-state index in [-0.39, 0.29) is 23.7 Å². The minimum Gasteiger partial charge on any atom is -0.398 e. The topological polar surface area (TPSA) is 55.1 Å². The highest BCUT2D eigenvalue weighted by molar-refractivity contribution is 7.08. The fourth-order valence-corrected chi connectivity index (χ4v) is 2.33. The van der Waals surface area contributed by atoms with Crippen LogP contribution in [0.3, 0.4) is 0 Å². The lowest BCUT2D eigenvalue weighted by Gasteiger charge is -2.12. The first-order valence-electron chi connectivity index (χ1n) is 5.64. The number of nitrogens with one attached hydrogen (secondary N) is 1. The molecule has 106 valence electrons. The highest BCUT2D eigenvalue weighted by atomic mass is 32.1. The number of carbonyl (C=O) groups is 1. The first kappa shape index (κ1) is 14.4. The fourth-order valence-electron chi connectivity index (χ4n) is 1.66. The number of anilines is 2. The molecule has 3 nitrogen and oxygen atoms in total.